The lowest BCUT2D eigenvalue weighted by Crippen LogP contribution is -2.27. The molecule has 3 nitrogen and oxygen atoms in total. The van der Waals surface area contributed by atoms with Crippen molar-refractivity contribution in [1.29, 1.82) is 0 Å². The van der Waals surface area contributed by atoms with Crippen LogP contribution in [0.25, 0.3) is 0 Å². The summed E-state index contributed by atoms with van der Waals surface area (Å²) in [6, 6.07) is 8.50. The number of hydrogen-bond donors (Lipinski definition) is 2. The third-order valence-electron chi connectivity index (χ3n) is 2.88. The van der Waals surface area contributed by atoms with Crippen LogP contribution in [0.15, 0.2) is 24.3 Å². The summed E-state index contributed by atoms with van der Waals surface area (Å²) in [5.41, 5.74) is 7.32. The van der Waals surface area contributed by atoms with E-state index in [2.05, 4.69) is 17.4 Å². The first-order valence-corrected chi connectivity index (χ1v) is 5.50. The van der Waals surface area contributed by atoms with E-state index in [1.54, 1.807) is 0 Å². The highest BCUT2D eigenvalue weighted by molar-refractivity contribution is 5.31. The van der Waals surface area contributed by atoms with Gasteiger partial charge in [-0.1, -0.05) is 12.1 Å². The molecule has 1 aromatic rings. The summed E-state index contributed by atoms with van der Waals surface area (Å²) >= 11 is 0. The maximum Gasteiger partial charge on any atom is 0.119 e. The molecule has 1 saturated heterocycles. The van der Waals surface area contributed by atoms with E-state index >= 15 is 0 Å². The molecule has 2 rings (SSSR count). The van der Waals surface area contributed by atoms with Gasteiger partial charge in [-0.15, -0.1) is 0 Å². The Bertz CT molecular complexity index is 310. The van der Waals surface area contributed by atoms with Gasteiger partial charge in [0.05, 0.1) is 6.61 Å². The van der Waals surface area contributed by atoms with Crippen molar-refractivity contribution >= 4 is 0 Å². The lowest BCUT2D eigenvalue weighted by molar-refractivity contribution is 0.340. The van der Waals surface area contributed by atoms with Gasteiger partial charge in [-0.2, -0.15) is 0 Å². The largest absolute Gasteiger partial charge is 0.494 e. The van der Waals surface area contributed by atoms with Crippen LogP contribution in [-0.2, 0) is 0 Å². The normalized spacial score (nSPS) is 25.5. The Hall–Kier alpha value is -1.06. The smallest absolute Gasteiger partial charge is 0.119 e. The second-order valence-corrected chi connectivity index (χ2v) is 3.93. The maximum atomic E-state index is 6.01. The minimum absolute atomic E-state index is 0.239. The molecule has 1 aliphatic heterocycles. The fraction of sp³-hybridized carbons (Fsp3) is 0.500. The van der Waals surface area contributed by atoms with Crippen LogP contribution >= 0.6 is 0 Å². The van der Waals surface area contributed by atoms with Gasteiger partial charge in [-0.3, -0.25) is 0 Å². The summed E-state index contributed by atoms with van der Waals surface area (Å²) in [5.74, 6) is 1.38. The summed E-state index contributed by atoms with van der Waals surface area (Å²) in [7, 11) is 0. The Labute approximate surface area is 90.6 Å². The van der Waals surface area contributed by atoms with Gasteiger partial charge in [0.25, 0.3) is 0 Å². The quantitative estimate of drug-likeness (QED) is 0.778. The van der Waals surface area contributed by atoms with Gasteiger partial charge in [0.15, 0.2) is 0 Å². The van der Waals surface area contributed by atoms with Crippen LogP contribution in [-0.4, -0.2) is 25.7 Å². The van der Waals surface area contributed by atoms with Crippen molar-refractivity contribution in [2.45, 2.75) is 18.9 Å². The first kappa shape index (κ1) is 10.5. The third kappa shape index (κ3) is 2.30. The Morgan fingerprint density at radius 3 is 2.60 bits per heavy atom. The fourth-order valence-electron chi connectivity index (χ4n) is 2.04. The molecule has 1 aromatic carbocycles. The van der Waals surface area contributed by atoms with E-state index in [4.69, 9.17) is 10.5 Å². The lowest BCUT2D eigenvalue weighted by Gasteiger charge is -2.14. The van der Waals surface area contributed by atoms with Crippen LogP contribution in [0, 0.1) is 0 Å². The molecule has 1 heterocycles. The van der Waals surface area contributed by atoms with Gasteiger partial charge < -0.3 is 15.8 Å². The van der Waals surface area contributed by atoms with Gasteiger partial charge in [0.2, 0.25) is 0 Å². The molecule has 1 aliphatic rings. The number of ether oxygens (including phenoxy) is 1. The first-order chi connectivity index (χ1) is 7.31. The molecule has 2 atom stereocenters. The molecule has 0 amide bonds. The van der Waals surface area contributed by atoms with Crippen LogP contribution in [0.1, 0.15) is 18.4 Å². The van der Waals surface area contributed by atoms with Gasteiger partial charge in [-0.05, 0) is 24.6 Å². The van der Waals surface area contributed by atoms with Crippen LogP contribution in [0.5, 0.6) is 5.75 Å². The molecule has 0 radical (unpaired) electrons. The second-order valence-electron chi connectivity index (χ2n) is 3.93. The van der Waals surface area contributed by atoms with Gasteiger partial charge in [-0.25, -0.2) is 0 Å². The summed E-state index contributed by atoms with van der Waals surface area (Å²) < 4.78 is 5.40. The number of rotatable bonds is 3. The molecule has 0 unspecified atom stereocenters. The predicted octanol–water partition coefficient (Wildman–Crippen LogP) is 1.10. The van der Waals surface area contributed by atoms with E-state index in [1.807, 2.05) is 19.1 Å². The zero-order chi connectivity index (χ0) is 10.7. The monoisotopic (exact) mass is 206 g/mol. The number of nitrogens with one attached hydrogen (secondary N) is 1. The molecule has 0 aliphatic carbocycles. The van der Waals surface area contributed by atoms with E-state index in [9.17, 15) is 0 Å². The summed E-state index contributed by atoms with van der Waals surface area (Å²) in [6.07, 6.45) is 0. The zero-order valence-corrected chi connectivity index (χ0v) is 9.07. The first-order valence-electron chi connectivity index (χ1n) is 5.50. The highest BCUT2D eigenvalue weighted by atomic mass is 16.5. The number of benzene rings is 1. The molecule has 0 bridgehead atoms. The van der Waals surface area contributed by atoms with E-state index in [0.717, 1.165) is 18.8 Å². The topological polar surface area (TPSA) is 47.3 Å². The highest BCUT2D eigenvalue weighted by Gasteiger charge is 2.24. The third-order valence-corrected chi connectivity index (χ3v) is 2.88. The van der Waals surface area contributed by atoms with E-state index < -0.39 is 0 Å². The van der Waals surface area contributed by atoms with Gasteiger partial charge in [0.1, 0.15) is 5.75 Å². The Balaban J connectivity index is 2.09. The minimum Gasteiger partial charge on any atom is -0.494 e. The molecule has 0 spiro atoms. The van der Waals surface area contributed by atoms with Crippen molar-refractivity contribution < 1.29 is 4.74 Å². The van der Waals surface area contributed by atoms with Crippen molar-refractivity contribution in [3.8, 4) is 5.75 Å². The average Bonchev–Trinajstić information content (AvgIpc) is 2.66. The molecular formula is C12H18N2O. The molecule has 0 aromatic heterocycles. The van der Waals surface area contributed by atoms with Crippen molar-refractivity contribution in [3.63, 3.8) is 0 Å². The molecule has 82 valence electrons. The second kappa shape index (κ2) is 4.64. The molecule has 0 saturated carbocycles. The highest BCUT2D eigenvalue weighted by Crippen LogP contribution is 2.23. The number of hydrogen-bond acceptors (Lipinski definition) is 3. The van der Waals surface area contributed by atoms with E-state index in [0.29, 0.717) is 12.5 Å². The van der Waals surface area contributed by atoms with Crippen molar-refractivity contribution in [1.82, 2.24) is 5.32 Å². The SMILES string of the molecule is CCOc1ccc([C@@H]2CNC[C@@H]2N)cc1. The predicted molar refractivity (Wildman–Crippen MR) is 61.2 cm³/mol. The molecule has 3 N–H and O–H groups in total. The number of nitrogens with two attached hydrogens (primary N) is 1. The zero-order valence-electron chi connectivity index (χ0n) is 9.07. The van der Waals surface area contributed by atoms with Crippen molar-refractivity contribution in [2.24, 2.45) is 5.73 Å². The van der Waals surface area contributed by atoms with Gasteiger partial charge in [0, 0.05) is 25.0 Å². The summed E-state index contributed by atoms with van der Waals surface area (Å²) in [5, 5.41) is 3.30. The lowest BCUT2D eigenvalue weighted by atomic mass is 9.95. The molecular weight excluding hydrogens is 188 g/mol. The minimum atomic E-state index is 0.239. The molecule has 15 heavy (non-hydrogen) atoms. The van der Waals surface area contributed by atoms with E-state index in [1.165, 1.54) is 5.56 Å². The summed E-state index contributed by atoms with van der Waals surface area (Å²) in [4.78, 5) is 0. The van der Waals surface area contributed by atoms with Gasteiger partial charge >= 0.3 is 0 Å². The Morgan fingerprint density at radius 1 is 1.33 bits per heavy atom. The molecule has 3 heteroatoms. The summed E-state index contributed by atoms with van der Waals surface area (Å²) in [6.45, 7) is 4.60. The standard InChI is InChI=1S/C12H18N2O/c1-2-15-10-5-3-9(4-6-10)11-7-14-8-12(11)13/h3-6,11-12,14H,2,7-8,13H2,1H3/t11-,12-/m0/s1. The Kier molecular flexibility index (Phi) is 3.23. The Morgan fingerprint density at radius 2 is 2.07 bits per heavy atom. The van der Waals surface area contributed by atoms with Crippen LogP contribution in [0.3, 0.4) is 0 Å². The van der Waals surface area contributed by atoms with Crippen LogP contribution in [0.2, 0.25) is 0 Å². The van der Waals surface area contributed by atoms with Crippen LogP contribution in [0.4, 0.5) is 0 Å². The van der Waals surface area contributed by atoms with Crippen molar-refractivity contribution in [2.75, 3.05) is 19.7 Å². The average molecular weight is 206 g/mol. The van der Waals surface area contributed by atoms with Crippen LogP contribution < -0.4 is 15.8 Å². The maximum absolute atomic E-state index is 6.01. The molecule has 1 fully saturated rings. The van der Waals surface area contributed by atoms with Crippen molar-refractivity contribution in [3.05, 3.63) is 29.8 Å². The van der Waals surface area contributed by atoms with E-state index in [-0.39, 0.29) is 6.04 Å². The fourth-order valence-corrected chi connectivity index (χ4v) is 2.04.